The summed E-state index contributed by atoms with van der Waals surface area (Å²) in [5.74, 6) is 0.594. The third-order valence-electron chi connectivity index (χ3n) is 3.84. The van der Waals surface area contributed by atoms with Crippen molar-refractivity contribution in [3.05, 3.63) is 54.1 Å². The number of carbonyl (C=O) groups excluding carboxylic acids is 2. The third kappa shape index (κ3) is 4.75. The minimum absolute atomic E-state index is 0.289. The molecule has 138 valence electrons. The van der Waals surface area contributed by atoms with Crippen LogP contribution < -0.4 is 20.7 Å². The second-order valence-corrected chi connectivity index (χ2v) is 6.35. The van der Waals surface area contributed by atoms with E-state index in [1.54, 1.807) is 31.2 Å². The van der Waals surface area contributed by atoms with Crippen LogP contribution in [-0.2, 0) is 4.79 Å². The fourth-order valence-electron chi connectivity index (χ4n) is 2.59. The summed E-state index contributed by atoms with van der Waals surface area (Å²) >= 11 is 0. The fraction of sp³-hybridized carbons (Fsp3) is 0.300. The van der Waals surface area contributed by atoms with E-state index in [0.717, 1.165) is 10.5 Å². The number of para-hydroxylation sites is 1. The van der Waals surface area contributed by atoms with E-state index >= 15 is 0 Å². The lowest BCUT2D eigenvalue weighted by atomic mass is 10.0. The smallest absolute Gasteiger partial charge is 0.331 e. The SMILES string of the molecule is CC(=O)N(C(=O)NC(C)Oc1ccccc1C(C)C)c1ccc(N)cc1. The van der Waals surface area contributed by atoms with Crippen molar-refractivity contribution in [3.63, 3.8) is 0 Å². The fourth-order valence-corrected chi connectivity index (χ4v) is 2.59. The Balaban J connectivity index is 2.12. The Morgan fingerprint density at radius 1 is 1.04 bits per heavy atom. The first-order valence-corrected chi connectivity index (χ1v) is 8.52. The van der Waals surface area contributed by atoms with Crippen molar-refractivity contribution in [3.8, 4) is 5.75 Å². The van der Waals surface area contributed by atoms with Gasteiger partial charge in [0.05, 0.1) is 5.69 Å². The zero-order chi connectivity index (χ0) is 19.3. The largest absolute Gasteiger partial charge is 0.471 e. The van der Waals surface area contributed by atoms with Crippen LogP contribution in [0.2, 0.25) is 0 Å². The van der Waals surface area contributed by atoms with Gasteiger partial charge in [-0.3, -0.25) is 4.79 Å². The van der Waals surface area contributed by atoms with Crippen molar-refractivity contribution in [1.82, 2.24) is 5.32 Å². The number of nitrogens with one attached hydrogen (secondary N) is 1. The molecule has 0 aliphatic heterocycles. The van der Waals surface area contributed by atoms with Crippen molar-refractivity contribution in [2.24, 2.45) is 0 Å². The molecule has 0 spiro atoms. The minimum atomic E-state index is -0.613. The average Bonchev–Trinajstić information content (AvgIpc) is 2.56. The highest BCUT2D eigenvalue weighted by Gasteiger charge is 2.22. The summed E-state index contributed by atoms with van der Waals surface area (Å²) in [6.07, 6.45) is -0.613. The van der Waals surface area contributed by atoms with E-state index < -0.39 is 18.2 Å². The van der Waals surface area contributed by atoms with Gasteiger partial charge in [-0.05, 0) is 48.7 Å². The van der Waals surface area contributed by atoms with Gasteiger partial charge in [-0.1, -0.05) is 32.0 Å². The average molecular weight is 355 g/mol. The molecule has 1 unspecified atom stereocenters. The van der Waals surface area contributed by atoms with E-state index in [2.05, 4.69) is 19.2 Å². The lowest BCUT2D eigenvalue weighted by Crippen LogP contribution is -2.48. The summed E-state index contributed by atoms with van der Waals surface area (Å²) in [6.45, 7) is 7.19. The summed E-state index contributed by atoms with van der Waals surface area (Å²) in [7, 11) is 0. The Hall–Kier alpha value is -3.02. The number of rotatable bonds is 5. The van der Waals surface area contributed by atoms with E-state index in [1.807, 2.05) is 24.3 Å². The third-order valence-corrected chi connectivity index (χ3v) is 3.84. The summed E-state index contributed by atoms with van der Waals surface area (Å²) in [5.41, 5.74) is 7.71. The molecule has 0 aliphatic rings. The van der Waals surface area contributed by atoms with Crippen LogP contribution in [0.4, 0.5) is 16.2 Å². The zero-order valence-electron chi connectivity index (χ0n) is 15.5. The van der Waals surface area contributed by atoms with Gasteiger partial charge in [0.25, 0.3) is 0 Å². The number of carbonyl (C=O) groups is 2. The minimum Gasteiger partial charge on any atom is -0.471 e. The molecule has 0 saturated heterocycles. The molecule has 6 heteroatoms. The molecule has 0 aromatic heterocycles. The summed E-state index contributed by atoms with van der Waals surface area (Å²) in [4.78, 5) is 25.6. The molecule has 0 saturated carbocycles. The zero-order valence-corrected chi connectivity index (χ0v) is 15.5. The second kappa shape index (κ2) is 8.38. The molecule has 0 radical (unpaired) electrons. The Morgan fingerprint density at radius 3 is 2.23 bits per heavy atom. The number of amides is 3. The molecule has 6 nitrogen and oxygen atoms in total. The molecule has 0 heterocycles. The molecule has 0 bridgehead atoms. The van der Waals surface area contributed by atoms with Crippen LogP contribution in [0.3, 0.4) is 0 Å². The number of nitrogens with zero attached hydrogens (tertiary/aromatic N) is 1. The van der Waals surface area contributed by atoms with Crippen molar-refractivity contribution in [2.45, 2.75) is 39.8 Å². The number of imide groups is 1. The maximum absolute atomic E-state index is 12.6. The first-order chi connectivity index (χ1) is 12.3. The number of hydrogen-bond acceptors (Lipinski definition) is 4. The molecular formula is C20H25N3O3. The van der Waals surface area contributed by atoms with Crippen molar-refractivity contribution < 1.29 is 14.3 Å². The Labute approximate surface area is 153 Å². The van der Waals surface area contributed by atoms with Gasteiger partial charge in [0.1, 0.15) is 5.75 Å². The van der Waals surface area contributed by atoms with E-state index in [0.29, 0.717) is 17.1 Å². The maximum Gasteiger partial charge on any atom is 0.331 e. The van der Waals surface area contributed by atoms with E-state index in [1.165, 1.54) is 6.92 Å². The molecule has 0 aliphatic carbocycles. The summed E-state index contributed by atoms with van der Waals surface area (Å²) < 4.78 is 5.87. The predicted molar refractivity (Wildman–Crippen MR) is 103 cm³/mol. The molecule has 2 aromatic rings. The van der Waals surface area contributed by atoms with Crippen LogP contribution >= 0.6 is 0 Å². The molecule has 2 rings (SSSR count). The van der Waals surface area contributed by atoms with E-state index in [-0.39, 0.29) is 5.92 Å². The van der Waals surface area contributed by atoms with Crippen molar-refractivity contribution in [1.29, 1.82) is 0 Å². The Kier molecular flexibility index (Phi) is 6.22. The van der Waals surface area contributed by atoms with Gasteiger partial charge in [0.15, 0.2) is 6.23 Å². The molecule has 3 amide bonds. The Bertz CT molecular complexity index is 772. The molecular weight excluding hydrogens is 330 g/mol. The first-order valence-electron chi connectivity index (χ1n) is 8.52. The summed E-state index contributed by atoms with van der Waals surface area (Å²) in [5, 5.41) is 2.70. The van der Waals surface area contributed by atoms with Gasteiger partial charge in [-0.25, -0.2) is 9.69 Å². The van der Waals surface area contributed by atoms with Crippen LogP contribution in [0.1, 0.15) is 39.2 Å². The lowest BCUT2D eigenvalue weighted by molar-refractivity contribution is -0.115. The number of benzene rings is 2. The first kappa shape index (κ1) is 19.3. The molecule has 26 heavy (non-hydrogen) atoms. The quantitative estimate of drug-likeness (QED) is 0.630. The van der Waals surface area contributed by atoms with Crippen molar-refractivity contribution >= 4 is 23.3 Å². The number of ether oxygens (including phenoxy) is 1. The normalized spacial score (nSPS) is 11.7. The molecule has 2 aromatic carbocycles. The molecule has 1 atom stereocenters. The topological polar surface area (TPSA) is 84.7 Å². The predicted octanol–water partition coefficient (Wildman–Crippen LogP) is 3.88. The van der Waals surface area contributed by atoms with E-state index in [4.69, 9.17) is 10.5 Å². The number of hydrogen-bond donors (Lipinski definition) is 2. The van der Waals surface area contributed by atoms with Gasteiger partial charge in [0, 0.05) is 12.6 Å². The summed E-state index contributed by atoms with van der Waals surface area (Å²) in [6, 6.07) is 13.6. The second-order valence-electron chi connectivity index (χ2n) is 6.35. The van der Waals surface area contributed by atoms with Crippen molar-refractivity contribution in [2.75, 3.05) is 10.6 Å². The van der Waals surface area contributed by atoms with Gasteiger partial charge in [-0.15, -0.1) is 0 Å². The molecule has 0 fully saturated rings. The standard InChI is InChI=1S/C20H25N3O3/c1-13(2)18-7-5-6-8-19(18)26-14(3)22-20(25)23(15(4)24)17-11-9-16(21)10-12-17/h5-14H,21H2,1-4H3,(H,22,25). The van der Waals surface area contributed by atoms with E-state index in [9.17, 15) is 9.59 Å². The van der Waals surface area contributed by atoms with Gasteiger partial charge in [0.2, 0.25) is 5.91 Å². The van der Waals surface area contributed by atoms with Gasteiger partial charge < -0.3 is 15.8 Å². The Morgan fingerprint density at radius 2 is 1.65 bits per heavy atom. The van der Waals surface area contributed by atoms with Crippen LogP contribution in [0.5, 0.6) is 5.75 Å². The highest BCUT2D eigenvalue weighted by molar-refractivity contribution is 6.13. The van der Waals surface area contributed by atoms with Crippen LogP contribution in [0.15, 0.2) is 48.5 Å². The van der Waals surface area contributed by atoms with Gasteiger partial charge in [-0.2, -0.15) is 0 Å². The number of nitrogens with two attached hydrogens (primary N) is 1. The van der Waals surface area contributed by atoms with Gasteiger partial charge >= 0.3 is 6.03 Å². The highest BCUT2D eigenvalue weighted by atomic mass is 16.5. The highest BCUT2D eigenvalue weighted by Crippen LogP contribution is 2.26. The number of urea groups is 1. The van der Waals surface area contributed by atoms with Crippen LogP contribution in [-0.4, -0.2) is 18.2 Å². The number of nitrogen functional groups attached to an aromatic ring is 1. The monoisotopic (exact) mass is 355 g/mol. The van der Waals surface area contributed by atoms with Crippen LogP contribution in [0, 0.1) is 0 Å². The molecule has 3 N–H and O–H groups in total. The number of anilines is 2. The van der Waals surface area contributed by atoms with Crippen LogP contribution in [0.25, 0.3) is 0 Å². The lowest BCUT2D eigenvalue weighted by Gasteiger charge is -2.24. The maximum atomic E-state index is 12.6.